The second kappa shape index (κ2) is 7.98. The molecule has 2 atom stereocenters. The van der Waals surface area contributed by atoms with Crippen LogP contribution in [0.5, 0.6) is 0 Å². The number of nitrogens with zero attached hydrogens (tertiary/aromatic N) is 2. The number of ether oxygens (including phenoxy) is 1. The van der Waals surface area contributed by atoms with Crippen LogP contribution in [0.3, 0.4) is 0 Å². The summed E-state index contributed by atoms with van der Waals surface area (Å²) >= 11 is 3.26. The Balaban J connectivity index is 1.50. The lowest BCUT2D eigenvalue weighted by Gasteiger charge is -2.18. The van der Waals surface area contributed by atoms with Crippen molar-refractivity contribution in [1.29, 1.82) is 0 Å². The van der Waals surface area contributed by atoms with Gasteiger partial charge in [-0.25, -0.2) is 9.97 Å². The van der Waals surface area contributed by atoms with E-state index in [9.17, 15) is 4.79 Å². The van der Waals surface area contributed by atoms with Crippen LogP contribution < -0.4 is 0 Å². The standard InChI is InChI=1S/C21H22N2O2S2/c1-13-8-9-16-17(10-13)27-20-18(16)19(22-12-23-20)26-14(2)21(24)25-11-15-6-4-3-5-7-15/h3-7,12-14H,8-11H2,1-2H3/t13-,14+/m1/s1. The van der Waals surface area contributed by atoms with E-state index in [1.165, 1.54) is 28.6 Å². The number of carbonyl (C=O) groups is 1. The molecule has 0 fully saturated rings. The van der Waals surface area contributed by atoms with Crippen molar-refractivity contribution in [3.05, 3.63) is 52.7 Å². The Labute approximate surface area is 167 Å². The van der Waals surface area contributed by atoms with Crippen LogP contribution in [0.25, 0.3) is 10.2 Å². The lowest BCUT2D eigenvalue weighted by Crippen LogP contribution is -2.17. The highest BCUT2D eigenvalue weighted by molar-refractivity contribution is 8.00. The molecule has 2 heterocycles. The molecule has 0 N–H and O–H groups in total. The monoisotopic (exact) mass is 398 g/mol. The average Bonchev–Trinajstić information content (AvgIpc) is 3.05. The van der Waals surface area contributed by atoms with Crippen molar-refractivity contribution in [1.82, 2.24) is 9.97 Å². The van der Waals surface area contributed by atoms with Crippen molar-refractivity contribution in [3.8, 4) is 0 Å². The summed E-state index contributed by atoms with van der Waals surface area (Å²) in [6.07, 6.45) is 5.00. The first kappa shape index (κ1) is 18.4. The number of esters is 1. The summed E-state index contributed by atoms with van der Waals surface area (Å²) < 4.78 is 5.48. The summed E-state index contributed by atoms with van der Waals surface area (Å²) in [7, 11) is 0. The van der Waals surface area contributed by atoms with Crippen LogP contribution in [0.4, 0.5) is 0 Å². The van der Waals surface area contributed by atoms with Crippen LogP contribution in [0.2, 0.25) is 0 Å². The van der Waals surface area contributed by atoms with Gasteiger partial charge in [0.2, 0.25) is 0 Å². The Morgan fingerprint density at radius 3 is 2.96 bits per heavy atom. The fourth-order valence-electron chi connectivity index (χ4n) is 3.40. The third-order valence-corrected chi connectivity index (χ3v) is 7.14. The van der Waals surface area contributed by atoms with Crippen molar-refractivity contribution < 1.29 is 9.53 Å². The van der Waals surface area contributed by atoms with Gasteiger partial charge in [-0.1, -0.05) is 49.0 Å². The third-order valence-electron chi connectivity index (χ3n) is 4.90. The van der Waals surface area contributed by atoms with E-state index in [1.807, 2.05) is 37.3 Å². The van der Waals surface area contributed by atoms with Crippen LogP contribution in [0, 0.1) is 5.92 Å². The highest BCUT2D eigenvalue weighted by Crippen LogP contribution is 2.41. The maximum atomic E-state index is 12.4. The van der Waals surface area contributed by atoms with Gasteiger partial charge in [0.25, 0.3) is 0 Å². The van der Waals surface area contributed by atoms with Gasteiger partial charge in [0.15, 0.2) is 0 Å². The number of fused-ring (bicyclic) bond motifs is 3. The van der Waals surface area contributed by atoms with Crippen LogP contribution in [0.1, 0.15) is 36.3 Å². The Hall–Kier alpha value is -1.92. The zero-order valence-corrected chi connectivity index (χ0v) is 17.1. The molecule has 0 unspecified atom stereocenters. The lowest BCUT2D eigenvalue weighted by atomic mass is 9.89. The number of aromatic nitrogens is 2. The van der Waals surface area contributed by atoms with Gasteiger partial charge >= 0.3 is 5.97 Å². The van der Waals surface area contributed by atoms with Crippen molar-refractivity contribution in [2.75, 3.05) is 0 Å². The summed E-state index contributed by atoms with van der Waals surface area (Å²) in [4.78, 5) is 23.9. The van der Waals surface area contributed by atoms with Crippen LogP contribution >= 0.6 is 23.1 Å². The van der Waals surface area contributed by atoms with Gasteiger partial charge < -0.3 is 4.74 Å². The van der Waals surface area contributed by atoms with Gasteiger partial charge in [0, 0.05) is 10.3 Å². The molecule has 0 saturated heterocycles. The molecule has 0 spiro atoms. The zero-order chi connectivity index (χ0) is 18.8. The Morgan fingerprint density at radius 1 is 1.33 bits per heavy atom. The molecule has 0 amide bonds. The maximum Gasteiger partial charge on any atom is 0.319 e. The number of rotatable bonds is 5. The van der Waals surface area contributed by atoms with E-state index in [-0.39, 0.29) is 11.2 Å². The SMILES string of the molecule is C[C@@H]1CCc2c(sc3ncnc(S[C@@H](C)C(=O)OCc4ccccc4)c23)C1. The number of hydrogen-bond donors (Lipinski definition) is 0. The van der Waals surface area contributed by atoms with E-state index in [4.69, 9.17) is 4.74 Å². The van der Waals surface area contributed by atoms with Gasteiger partial charge in [-0.05, 0) is 43.2 Å². The van der Waals surface area contributed by atoms with E-state index in [0.717, 1.165) is 39.6 Å². The number of thiophene rings is 1. The number of thioether (sulfide) groups is 1. The average molecular weight is 399 g/mol. The van der Waals surface area contributed by atoms with Gasteiger partial charge in [0.05, 0.1) is 0 Å². The molecule has 1 aromatic carbocycles. The summed E-state index contributed by atoms with van der Waals surface area (Å²) in [6.45, 7) is 4.49. The molecule has 1 aliphatic carbocycles. The fourth-order valence-corrected chi connectivity index (χ4v) is 5.76. The van der Waals surface area contributed by atoms with Crippen LogP contribution in [-0.4, -0.2) is 21.2 Å². The second-order valence-electron chi connectivity index (χ2n) is 7.06. The van der Waals surface area contributed by atoms with Gasteiger partial charge in [-0.3, -0.25) is 4.79 Å². The molecule has 0 radical (unpaired) electrons. The Bertz CT molecular complexity index is 955. The minimum Gasteiger partial charge on any atom is -0.460 e. The second-order valence-corrected chi connectivity index (χ2v) is 9.48. The van der Waals surface area contributed by atoms with E-state index in [1.54, 1.807) is 17.7 Å². The van der Waals surface area contributed by atoms with Crippen LogP contribution in [0.15, 0.2) is 41.7 Å². The van der Waals surface area contributed by atoms with Crippen molar-refractivity contribution >= 4 is 39.3 Å². The minimum absolute atomic E-state index is 0.215. The van der Waals surface area contributed by atoms with Crippen molar-refractivity contribution in [2.24, 2.45) is 5.92 Å². The van der Waals surface area contributed by atoms with Gasteiger partial charge in [-0.15, -0.1) is 11.3 Å². The molecule has 4 rings (SSSR count). The minimum atomic E-state index is -0.315. The topological polar surface area (TPSA) is 52.1 Å². The first-order valence-corrected chi connectivity index (χ1v) is 10.9. The zero-order valence-electron chi connectivity index (χ0n) is 15.5. The number of aryl methyl sites for hydroxylation is 1. The number of benzene rings is 1. The van der Waals surface area contributed by atoms with E-state index in [2.05, 4.69) is 16.9 Å². The molecule has 27 heavy (non-hydrogen) atoms. The number of carbonyl (C=O) groups excluding carboxylic acids is 1. The fraction of sp³-hybridized carbons (Fsp3) is 0.381. The third kappa shape index (κ3) is 4.01. The highest BCUT2D eigenvalue weighted by atomic mass is 32.2. The van der Waals surface area contributed by atoms with Crippen molar-refractivity contribution in [3.63, 3.8) is 0 Å². The molecule has 3 aromatic rings. The molecule has 0 saturated carbocycles. The first-order chi connectivity index (χ1) is 13.1. The first-order valence-electron chi connectivity index (χ1n) is 9.24. The van der Waals surface area contributed by atoms with E-state index >= 15 is 0 Å². The maximum absolute atomic E-state index is 12.4. The molecule has 4 nitrogen and oxygen atoms in total. The highest BCUT2D eigenvalue weighted by Gasteiger charge is 2.25. The van der Waals surface area contributed by atoms with Crippen molar-refractivity contribution in [2.45, 2.75) is 50.0 Å². The van der Waals surface area contributed by atoms with E-state index < -0.39 is 0 Å². The smallest absolute Gasteiger partial charge is 0.319 e. The molecule has 0 bridgehead atoms. The number of hydrogen-bond acceptors (Lipinski definition) is 6. The van der Waals surface area contributed by atoms with E-state index in [0.29, 0.717) is 6.61 Å². The van der Waals surface area contributed by atoms with Crippen LogP contribution in [-0.2, 0) is 29.0 Å². The summed E-state index contributed by atoms with van der Waals surface area (Å²) in [5.74, 6) is 0.509. The lowest BCUT2D eigenvalue weighted by molar-refractivity contribution is -0.143. The molecule has 140 valence electrons. The molecule has 1 aliphatic rings. The summed E-state index contributed by atoms with van der Waals surface area (Å²) in [5, 5.41) is 1.73. The Kier molecular flexibility index (Phi) is 5.45. The quantitative estimate of drug-likeness (QED) is 0.342. The molecule has 0 aliphatic heterocycles. The predicted octanol–water partition coefficient (Wildman–Crippen LogP) is 5.04. The molecular weight excluding hydrogens is 376 g/mol. The Morgan fingerprint density at radius 2 is 2.15 bits per heavy atom. The summed E-state index contributed by atoms with van der Waals surface area (Å²) in [6, 6.07) is 9.75. The summed E-state index contributed by atoms with van der Waals surface area (Å²) in [5.41, 5.74) is 2.38. The normalized spacial score (nSPS) is 17.5. The largest absolute Gasteiger partial charge is 0.460 e. The predicted molar refractivity (Wildman–Crippen MR) is 110 cm³/mol. The van der Waals surface area contributed by atoms with Gasteiger partial charge in [0.1, 0.15) is 28.0 Å². The molecule has 2 aromatic heterocycles. The molecular formula is C21H22N2O2S2. The molecule has 6 heteroatoms. The van der Waals surface area contributed by atoms with Gasteiger partial charge in [-0.2, -0.15) is 0 Å².